The van der Waals surface area contributed by atoms with Crippen LogP contribution in [0.3, 0.4) is 0 Å². The summed E-state index contributed by atoms with van der Waals surface area (Å²) in [5, 5.41) is 4.45. The molecule has 3 heteroatoms. The lowest BCUT2D eigenvalue weighted by Gasteiger charge is -2.24. The van der Waals surface area contributed by atoms with Gasteiger partial charge in [-0.3, -0.25) is 0 Å². The molecule has 1 unspecified atom stereocenters. The summed E-state index contributed by atoms with van der Waals surface area (Å²) in [7, 11) is 0. The Balaban J connectivity index is 1.83. The van der Waals surface area contributed by atoms with E-state index in [0.717, 1.165) is 23.4 Å². The van der Waals surface area contributed by atoms with Crippen LogP contribution in [-0.4, -0.2) is 13.1 Å². The van der Waals surface area contributed by atoms with E-state index in [0.29, 0.717) is 0 Å². The van der Waals surface area contributed by atoms with Gasteiger partial charge in [0.25, 0.3) is 0 Å². The van der Waals surface area contributed by atoms with Crippen molar-refractivity contribution in [2.45, 2.75) is 37.5 Å². The lowest BCUT2D eigenvalue weighted by atomic mass is 9.84. The highest BCUT2D eigenvalue weighted by molar-refractivity contribution is 7.12. The minimum Gasteiger partial charge on any atom is -0.316 e. The second kappa shape index (κ2) is 4.08. The first-order chi connectivity index (χ1) is 7.34. The Morgan fingerprint density at radius 3 is 2.73 bits per heavy atom. The first-order valence-corrected chi connectivity index (χ1v) is 7.04. The number of thiophene rings is 1. The van der Waals surface area contributed by atoms with Gasteiger partial charge >= 0.3 is 0 Å². The zero-order chi connectivity index (χ0) is 10.3. The molecule has 1 nitrogen and oxygen atoms in total. The number of hydrogen-bond acceptors (Lipinski definition) is 2. The van der Waals surface area contributed by atoms with Crippen LogP contribution in [0, 0.1) is 0 Å². The molecule has 1 atom stereocenters. The largest absolute Gasteiger partial charge is 0.316 e. The van der Waals surface area contributed by atoms with E-state index in [2.05, 4.69) is 11.4 Å². The van der Waals surface area contributed by atoms with Crippen molar-refractivity contribution in [1.82, 2.24) is 5.32 Å². The van der Waals surface area contributed by atoms with Crippen molar-refractivity contribution < 1.29 is 0 Å². The summed E-state index contributed by atoms with van der Waals surface area (Å²) in [6, 6.07) is 2.22. The molecule has 2 aliphatic rings. The van der Waals surface area contributed by atoms with Gasteiger partial charge in [-0.25, -0.2) is 0 Å². The Bertz CT molecular complexity index is 351. The average molecular weight is 242 g/mol. The second-order valence-electron chi connectivity index (χ2n) is 4.68. The first-order valence-electron chi connectivity index (χ1n) is 5.84. The fourth-order valence-electron chi connectivity index (χ4n) is 2.45. The molecule has 1 N–H and O–H groups in total. The normalized spacial score (nSPS) is 26.9. The van der Waals surface area contributed by atoms with Crippen LogP contribution in [-0.2, 0) is 0 Å². The summed E-state index contributed by atoms with van der Waals surface area (Å²) in [6.07, 6.45) is 5.37. The fraction of sp³-hybridized carbons (Fsp3) is 0.667. The minimum absolute atomic E-state index is 0.723. The van der Waals surface area contributed by atoms with Crippen LogP contribution in [0.4, 0.5) is 0 Å². The number of rotatable bonds is 2. The predicted molar refractivity (Wildman–Crippen MR) is 66.1 cm³/mol. The topological polar surface area (TPSA) is 12.0 Å². The van der Waals surface area contributed by atoms with Crippen LogP contribution >= 0.6 is 22.9 Å². The maximum atomic E-state index is 6.32. The molecule has 0 spiro atoms. The third-order valence-electron chi connectivity index (χ3n) is 3.67. The molecule has 1 aliphatic carbocycles. The van der Waals surface area contributed by atoms with Gasteiger partial charge in [0.15, 0.2) is 0 Å². The molecule has 0 amide bonds. The lowest BCUT2D eigenvalue weighted by molar-refractivity contribution is 0.426. The SMILES string of the molecule is Clc1cc(C2CCNC2)sc1C1CCC1. The van der Waals surface area contributed by atoms with Gasteiger partial charge in [0.1, 0.15) is 0 Å². The standard InChI is InChI=1S/C12H16ClNS/c13-10-6-11(9-4-5-14-7-9)15-12(10)8-2-1-3-8/h6,8-9,14H,1-5,7H2. The first kappa shape index (κ1) is 10.1. The molecule has 1 saturated carbocycles. The Morgan fingerprint density at radius 1 is 1.27 bits per heavy atom. The molecular formula is C12H16ClNS. The van der Waals surface area contributed by atoms with E-state index in [1.54, 1.807) is 0 Å². The molecule has 2 heterocycles. The van der Waals surface area contributed by atoms with Gasteiger partial charge in [-0.05, 0) is 37.8 Å². The van der Waals surface area contributed by atoms with Gasteiger partial charge in [0.2, 0.25) is 0 Å². The van der Waals surface area contributed by atoms with Crippen molar-refractivity contribution in [2.75, 3.05) is 13.1 Å². The molecule has 82 valence electrons. The third kappa shape index (κ3) is 1.83. The quantitative estimate of drug-likeness (QED) is 0.832. The zero-order valence-electron chi connectivity index (χ0n) is 8.76. The molecule has 15 heavy (non-hydrogen) atoms. The highest BCUT2D eigenvalue weighted by atomic mass is 35.5. The van der Waals surface area contributed by atoms with Crippen molar-refractivity contribution in [3.05, 3.63) is 20.8 Å². The van der Waals surface area contributed by atoms with E-state index in [4.69, 9.17) is 11.6 Å². The van der Waals surface area contributed by atoms with E-state index >= 15 is 0 Å². The summed E-state index contributed by atoms with van der Waals surface area (Å²) in [6.45, 7) is 2.31. The maximum absolute atomic E-state index is 6.32. The van der Waals surface area contributed by atoms with Gasteiger partial charge in [0.05, 0.1) is 5.02 Å². The number of hydrogen-bond donors (Lipinski definition) is 1. The Labute approximate surface area is 99.8 Å². The van der Waals surface area contributed by atoms with Crippen LogP contribution in [0.1, 0.15) is 47.3 Å². The molecule has 1 aromatic heterocycles. The van der Waals surface area contributed by atoms with Crippen LogP contribution in [0.25, 0.3) is 0 Å². The molecule has 0 bridgehead atoms. The van der Waals surface area contributed by atoms with Gasteiger partial charge in [0, 0.05) is 22.2 Å². The Hall–Kier alpha value is -0.0500. The molecule has 1 saturated heterocycles. The highest BCUT2D eigenvalue weighted by Crippen LogP contribution is 2.45. The Kier molecular flexibility index (Phi) is 2.75. The van der Waals surface area contributed by atoms with Crippen molar-refractivity contribution in [2.24, 2.45) is 0 Å². The van der Waals surface area contributed by atoms with E-state index in [-0.39, 0.29) is 0 Å². The molecule has 3 rings (SSSR count). The zero-order valence-corrected chi connectivity index (χ0v) is 10.3. The van der Waals surface area contributed by atoms with Gasteiger partial charge in [-0.1, -0.05) is 18.0 Å². The predicted octanol–water partition coefficient (Wildman–Crippen LogP) is 3.75. The molecule has 1 aromatic rings. The molecule has 2 fully saturated rings. The maximum Gasteiger partial charge on any atom is 0.0550 e. The van der Waals surface area contributed by atoms with Gasteiger partial charge in [-0.15, -0.1) is 11.3 Å². The minimum atomic E-state index is 0.723. The van der Waals surface area contributed by atoms with E-state index < -0.39 is 0 Å². The van der Waals surface area contributed by atoms with Gasteiger partial charge < -0.3 is 5.32 Å². The van der Waals surface area contributed by atoms with E-state index in [9.17, 15) is 0 Å². The molecule has 1 aliphatic heterocycles. The summed E-state index contributed by atoms with van der Waals surface area (Å²) < 4.78 is 0. The smallest absolute Gasteiger partial charge is 0.0550 e. The van der Waals surface area contributed by atoms with Gasteiger partial charge in [-0.2, -0.15) is 0 Å². The van der Waals surface area contributed by atoms with E-state index in [1.165, 1.54) is 42.0 Å². The second-order valence-corrected chi connectivity index (χ2v) is 6.20. The van der Waals surface area contributed by atoms with Crippen LogP contribution < -0.4 is 5.32 Å². The van der Waals surface area contributed by atoms with E-state index in [1.807, 2.05) is 11.3 Å². The van der Waals surface area contributed by atoms with Crippen molar-refractivity contribution in [3.63, 3.8) is 0 Å². The lowest BCUT2D eigenvalue weighted by Crippen LogP contribution is -2.07. The number of nitrogens with one attached hydrogen (secondary N) is 1. The average Bonchev–Trinajstić information content (AvgIpc) is 2.72. The monoisotopic (exact) mass is 241 g/mol. The van der Waals surface area contributed by atoms with Crippen molar-refractivity contribution in [3.8, 4) is 0 Å². The molecule has 0 aromatic carbocycles. The molecular weight excluding hydrogens is 226 g/mol. The number of halogens is 1. The third-order valence-corrected chi connectivity index (χ3v) is 5.56. The summed E-state index contributed by atoms with van der Waals surface area (Å²) in [5.41, 5.74) is 0. The van der Waals surface area contributed by atoms with Crippen molar-refractivity contribution >= 4 is 22.9 Å². The van der Waals surface area contributed by atoms with Crippen LogP contribution in [0.15, 0.2) is 6.07 Å². The summed E-state index contributed by atoms with van der Waals surface area (Å²) >= 11 is 8.29. The Morgan fingerprint density at radius 2 is 2.13 bits per heavy atom. The highest BCUT2D eigenvalue weighted by Gasteiger charge is 2.26. The fourth-order valence-corrected chi connectivity index (χ4v) is 4.26. The van der Waals surface area contributed by atoms with Crippen LogP contribution in [0.5, 0.6) is 0 Å². The van der Waals surface area contributed by atoms with Crippen molar-refractivity contribution in [1.29, 1.82) is 0 Å². The van der Waals surface area contributed by atoms with Crippen LogP contribution in [0.2, 0.25) is 5.02 Å². The molecule has 0 radical (unpaired) electrons. The summed E-state index contributed by atoms with van der Waals surface area (Å²) in [4.78, 5) is 2.97. The summed E-state index contributed by atoms with van der Waals surface area (Å²) in [5.74, 6) is 1.51.